The number of carboxylic acid groups (broad SMARTS) is 1. The standard InChI is InChI=1S/C17H15ClFN3O2S/c1-3-22-14(10-5-4-6-11(19)13(10)18)12(17(23)24)9(2)21-15(22)16-20-7-8-25-16/h4-8,14H,3H2,1-2H3,(H,23,24). The van der Waals surface area contributed by atoms with E-state index in [2.05, 4.69) is 9.98 Å². The van der Waals surface area contributed by atoms with Crippen LogP contribution in [0.25, 0.3) is 0 Å². The third kappa shape index (κ3) is 3.05. The van der Waals surface area contributed by atoms with Crippen LogP contribution in [0.1, 0.15) is 30.5 Å². The van der Waals surface area contributed by atoms with Crippen LogP contribution in [0, 0.1) is 5.82 Å². The number of thiazole rings is 1. The van der Waals surface area contributed by atoms with E-state index in [-0.39, 0.29) is 10.6 Å². The SMILES string of the molecule is CCN1C(c2nccs2)=NC(C)=C(C(=O)O)C1c1cccc(F)c1Cl. The first-order chi connectivity index (χ1) is 12.0. The second-order valence-electron chi connectivity index (χ2n) is 5.41. The van der Waals surface area contributed by atoms with Gasteiger partial charge in [-0.3, -0.25) is 0 Å². The molecule has 0 saturated carbocycles. The number of carbonyl (C=O) groups is 1. The highest BCUT2D eigenvalue weighted by Crippen LogP contribution is 2.40. The Morgan fingerprint density at radius 3 is 2.84 bits per heavy atom. The van der Waals surface area contributed by atoms with Gasteiger partial charge in [-0.1, -0.05) is 23.7 Å². The number of allylic oxidation sites excluding steroid dienone is 1. The van der Waals surface area contributed by atoms with E-state index in [9.17, 15) is 14.3 Å². The van der Waals surface area contributed by atoms with Gasteiger partial charge >= 0.3 is 5.97 Å². The van der Waals surface area contributed by atoms with Crippen molar-refractivity contribution in [3.05, 3.63) is 62.5 Å². The van der Waals surface area contributed by atoms with Gasteiger partial charge in [0.05, 0.1) is 22.3 Å². The maximum Gasteiger partial charge on any atom is 0.335 e. The minimum Gasteiger partial charge on any atom is -0.478 e. The molecule has 2 aromatic rings. The van der Waals surface area contributed by atoms with Crippen LogP contribution in [-0.4, -0.2) is 33.3 Å². The number of amidine groups is 1. The Balaban J connectivity index is 2.25. The van der Waals surface area contributed by atoms with Gasteiger partial charge in [-0.25, -0.2) is 19.2 Å². The van der Waals surface area contributed by atoms with Crippen molar-refractivity contribution in [3.8, 4) is 0 Å². The molecule has 8 heteroatoms. The zero-order chi connectivity index (χ0) is 18.1. The predicted molar refractivity (Wildman–Crippen MR) is 95.5 cm³/mol. The van der Waals surface area contributed by atoms with Crippen molar-refractivity contribution in [3.63, 3.8) is 0 Å². The van der Waals surface area contributed by atoms with Crippen molar-refractivity contribution in [2.75, 3.05) is 6.54 Å². The van der Waals surface area contributed by atoms with Gasteiger partial charge in [0, 0.05) is 23.7 Å². The average Bonchev–Trinajstić information content (AvgIpc) is 3.10. The van der Waals surface area contributed by atoms with E-state index in [0.717, 1.165) is 0 Å². The minimum atomic E-state index is -1.11. The highest BCUT2D eigenvalue weighted by Gasteiger charge is 2.37. The topological polar surface area (TPSA) is 65.8 Å². The number of aromatic nitrogens is 1. The number of halogens is 2. The number of rotatable bonds is 4. The van der Waals surface area contributed by atoms with Gasteiger partial charge in [0.25, 0.3) is 0 Å². The summed E-state index contributed by atoms with van der Waals surface area (Å²) in [5, 5.41) is 12.1. The Labute approximate surface area is 153 Å². The maximum atomic E-state index is 14.0. The van der Waals surface area contributed by atoms with Gasteiger partial charge in [0.1, 0.15) is 5.82 Å². The summed E-state index contributed by atoms with van der Waals surface area (Å²) in [7, 11) is 0. The predicted octanol–water partition coefficient (Wildman–Crippen LogP) is 4.12. The van der Waals surface area contributed by atoms with Crippen LogP contribution in [-0.2, 0) is 4.79 Å². The number of aliphatic carboxylic acids is 1. The molecule has 3 rings (SSSR count). The van der Waals surface area contributed by atoms with Crippen LogP contribution >= 0.6 is 22.9 Å². The monoisotopic (exact) mass is 379 g/mol. The van der Waals surface area contributed by atoms with E-state index in [1.807, 2.05) is 12.3 Å². The minimum absolute atomic E-state index is 0.0784. The number of likely N-dealkylation sites (N-methyl/N-ethyl adjacent to an activating group) is 1. The highest BCUT2D eigenvalue weighted by atomic mass is 35.5. The Hall–Kier alpha value is -2.25. The normalized spacial score (nSPS) is 17.7. The first-order valence-corrected chi connectivity index (χ1v) is 8.84. The second kappa shape index (κ2) is 6.93. The number of carboxylic acids is 1. The fraction of sp³-hybridized carbons (Fsp3) is 0.235. The van der Waals surface area contributed by atoms with Crippen LogP contribution in [0.5, 0.6) is 0 Å². The molecular formula is C17H15ClFN3O2S. The van der Waals surface area contributed by atoms with Crippen molar-refractivity contribution < 1.29 is 14.3 Å². The Kier molecular flexibility index (Phi) is 4.87. The fourth-order valence-electron chi connectivity index (χ4n) is 2.92. The fourth-order valence-corrected chi connectivity index (χ4v) is 3.79. The van der Waals surface area contributed by atoms with Crippen LogP contribution < -0.4 is 0 Å². The van der Waals surface area contributed by atoms with E-state index in [1.54, 1.807) is 24.1 Å². The lowest BCUT2D eigenvalue weighted by molar-refractivity contribution is -0.133. The second-order valence-corrected chi connectivity index (χ2v) is 6.68. The molecular weight excluding hydrogens is 365 g/mol. The molecule has 130 valence electrons. The first-order valence-electron chi connectivity index (χ1n) is 7.58. The lowest BCUT2D eigenvalue weighted by atomic mass is 9.93. The van der Waals surface area contributed by atoms with E-state index < -0.39 is 17.8 Å². The molecule has 0 bridgehead atoms. The highest BCUT2D eigenvalue weighted by molar-refractivity contribution is 7.11. The molecule has 0 radical (unpaired) electrons. The summed E-state index contributed by atoms with van der Waals surface area (Å²) >= 11 is 7.57. The summed E-state index contributed by atoms with van der Waals surface area (Å²) in [6.07, 6.45) is 1.66. The Bertz CT molecular complexity index is 880. The lowest BCUT2D eigenvalue weighted by Crippen LogP contribution is -2.41. The summed E-state index contributed by atoms with van der Waals surface area (Å²) < 4.78 is 14.0. The number of aliphatic imine (C=N–C) groups is 1. The molecule has 1 aromatic carbocycles. The smallest absolute Gasteiger partial charge is 0.335 e. The molecule has 5 nitrogen and oxygen atoms in total. The van der Waals surface area contributed by atoms with Crippen LogP contribution in [0.2, 0.25) is 5.02 Å². The summed E-state index contributed by atoms with van der Waals surface area (Å²) in [6, 6.07) is 3.66. The lowest BCUT2D eigenvalue weighted by Gasteiger charge is -2.37. The van der Waals surface area contributed by atoms with Gasteiger partial charge in [0.2, 0.25) is 0 Å². The van der Waals surface area contributed by atoms with Gasteiger partial charge in [0.15, 0.2) is 10.8 Å². The van der Waals surface area contributed by atoms with Crippen molar-refractivity contribution in [1.29, 1.82) is 0 Å². The number of hydrogen-bond donors (Lipinski definition) is 1. The van der Waals surface area contributed by atoms with Crippen LogP contribution in [0.4, 0.5) is 4.39 Å². The molecule has 0 fully saturated rings. The van der Waals surface area contributed by atoms with Crippen LogP contribution in [0.15, 0.2) is 46.0 Å². The summed E-state index contributed by atoms with van der Waals surface area (Å²) in [5.74, 6) is -1.13. The van der Waals surface area contributed by atoms with Crippen molar-refractivity contribution in [2.24, 2.45) is 4.99 Å². The summed E-state index contributed by atoms with van der Waals surface area (Å²) in [6.45, 7) is 3.97. The van der Waals surface area contributed by atoms with Gasteiger partial charge in [-0.15, -0.1) is 11.3 Å². The van der Waals surface area contributed by atoms with Gasteiger partial charge < -0.3 is 10.0 Å². The third-order valence-corrected chi connectivity index (χ3v) is 5.16. The maximum absolute atomic E-state index is 14.0. The van der Waals surface area contributed by atoms with E-state index in [0.29, 0.717) is 28.6 Å². The van der Waals surface area contributed by atoms with Gasteiger partial charge in [-0.2, -0.15) is 0 Å². The Morgan fingerprint density at radius 1 is 1.48 bits per heavy atom. The van der Waals surface area contributed by atoms with E-state index >= 15 is 0 Å². The quantitative estimate of drug-likeness (QED) is 0.867. The molecule has 1 aliphatic rings. The number of nitrogens with zero attached hydrogens (tertiary/aromatic N) is 3. The molecule has 1 aliphatic heterocycles. The first kappa shape index (κ1) is 17.6. The average molecular weight is 380 g/mol. The molecule has 1 aromatic heterocycles. The van der Waals surface area contributed by atoms with Crippen molar-refractivity contribution in [1.82, 2.24) is 9.88 Å². The summed E-state index contributed by atoms with van der Waals surface area (Å²) in [4.78, 5) is 22.4. The molecule has 1 atom stereocenters. The molecule has 0 spiro atoms. The largest absolute Gasteiger partial charge is 0.478 e. The third-order valence-electron chi connectivity index (χ3n) is 3.99. The van der Waals surface area contributed by atoms with Crippen LogP contribution in [0.3, 0.4) is 0 Å². The zero-order valence-electron chi connectivity index (χ0n) is 13.5. The van der Waals surface area contributed by atoms with Crippen molar-refractivity contribution in [2.45, 2.75) is 19.9 Å². The molecule has 0 aliphatic carbocycles. The summed E-state index contributed by atoms with van der Waals surface area (Å²) in [5.41, 5.74) is 0.826. The van der Waals surface area contributed by atoms with E-state index in [4.69, 9.17) is 11.6 Å². The Morgan fingerprint density at radius 2 is 2.24 bits per heavy atom. The van der Waals surface area contributed by atoms with Crippen molar-refractivity contribution >= 4 is 34.7 Å². The number of hydrogen-bond acceptors (Lipinski definition) is 5. The van der Waals surface area contributed by atoms with Gasteiger partial charge in [-0.05, 0) is 19.9 Å². The molecule has 0 amide bonds. The molecule has 2 heterocycles. The molecule has 0 saturated heterocycles. The molecule has 25 heavy (non-hydrogen) atoms. The molecule has 1 N–H and O–H groups in total. The molecule has 1 unspecified atom stereocenters. The van der Waals surface area contributed by atoms with E-state index in [1.165, 1.54) is 23.5 Å². The number of benzene rings is 1. The zero-order valence-corrected chi connectivity index (χ0v) is 15.1.